The van der Waals surface area contributed by atoms with Gasteiger partial charge in [-0.1, -0.05) is 41.9 Å². The van der Waals surface area contributed by atoms with Gasteiger partial charge in [-0.3, -0.25) is 4.79 Å². The first-order chi connectivity index (χ1) is 11.7. The lowest BCUT2D eigenvalue weighted by molar-refractivity contribution is -0.118. The highest BCUT2D eigenvalue weighted by Gasteiger charge is 2.51. The molecule has 1 aliphatic carbocycles. The van der Waals surface area contributed by atoms with E-state index < -0.39 is 5.41 Å². The molecule has 1 fully saturated rings. The van der Waals surface area contributed by atoms with E-state index in [4.69, 9.17) is 11.6 Å². The second kappa shape index (κ2) is 5.80. The van der Waals surface area contributed by atoms with Crippen LogP contribution in [0.1, 0.15) is 18.4 Å². The topological polar surface area (TPSA) is 46.9 Å². The summed E-state index contributed by atoms with van der Waals surface area (Å²) in [5.74, 6) is 0.562. The highest BCUT2D eigenvalue weighted by Crippen LogP contribution is 2.48. The SMILES string of the molecule is O=C(Nc1ccn(-c2ccc(Cl)cc2)n1)C1(c2ccccc2)CC1. The van der Waals surface area contributed by atoms with Gasteiger partial charge in [-0.2, -0.15) is 5.10 Å². The molecule has 0 radical (unpaired) electrons. The number of amides is 1. The summed E-state index contributed by atoms with van der Waals surface area (Å²) in [6.45, 7) is 0. The first-order valence-electron chi connectivity index (χ1n) is 7.86. The molecule has 3 aromatic rings. The van der Waals surface area contributed by atoms with Gasteiger partial charge in [-0.25, -0.2) is 4.68 Å². The van der Waals surface area contributed by atoms with Crippen molar-refractivity contribution in [1.82, 2.24) is 9.78 Å². The molecule has 4 nitrogen and oxygen atoms in total. The van der Waals surface area contributed by atoms with Crippen LogP contribution in [-0.2, 0) is 10.2 Å². The smallest absolute Gasteiger partial charge is 0.236 e. The Hall–Kier alpha value is -2.59. The Morgan fingerprint density at radius 2 is 1.75 bits per heavy atom. The molecule has 2 aromatic carbocycles. The van der Waals surface area contributed by atoms with Crippen LogP contribution >= 0.6 is 11.6 Å². The number of benzene rings is 2. The predicted octanol–water partition coefficient (Wildman–Crippen LogP) is 4.20. The van der Waals surface area contributed by atoms with Crippen molar-refractivity contribution < 1.29 is 4.79 Å². The van der Waals surface area contributed by atoms with E-state index in [2.05, 4.69) is 10.4 Å². The molecule has 1 saturated carbocycles. The molecule has 0 unspecified atom stereocenters. The van der Waals surface area contributed by atoms with E-state index in [-0.39, 0.29) is 5.91 Å². The zero-order valence-corrected chi connectivity index (χ0v) is 13.7. The number of hydrogen-bond acceptors (Lipinski definition) is 2. The van der Waals surface area contributed by atoms with Gasteiger partial charge in [0.1, 0.15) is 0 Å². The third kappa shape index (κ3) is 2.69. The molecule has 0 bridgehead atoms. The minimum Gasteiger partial charge on any atom is -0.308 e. The monoisotopic (exact) mass is 337 g/mol. The summed E-state index contributed by atoms with van der Waals surface area (Å²) in [5, 5.41) is 8.05. The van der Waals surface area contributed by atoms with Crippen molar-refractivity contribution in [3.63, 3.8) is 0 Å². The van der Waals surface area contributed by atoms with Crippen LogP contribution < -0.4 is 5.32 Å². The van der Waals surface area contributed by atoms with Crippen molar-refractivity contribution in [1.29, 1.82) is 0 Å². The van der Waals surface area contributed by atoms with Crippen LogP contribution in [0.15, 0.2) is 66.9 Å². The summed E-state index contributed by atoms with van der Waals surface area (Å²) in [4.78, 5) is 12.7. The molecule has 0 atom stereocenters. The first-order valence-corrected chi connectivity index (χ1v) is 8.24. The van der Waals surface area contributed by atoms with Crippen LogP contribution in [0.4, 0.5) is 5.82 Å². The van der Waals surface area contributed by atoms with Gasteiger partial charge < -0.3 is 5.32 Å². The molecule has 120 valence electrons. The van der Waals surface area contributed by atoms with E-state index in [1.54, 1.807) is 10.7 Å². The molecule has 1 amide bonds. The van der Waals surface area contributed by atoms with Gasteiger partial charge in [0.15, 0.2) is 5.82 Å². The van der Waals surface area contributed by atoms with Crippen LogP contribution in [0, 0.1) is 0 Å². The van der Waals surface area contributed by atoms with Gasteiger partial charge in [-0.15, -0.1) is 0 Å². The largest absolute Gasteiger partial charge is 0.308 e. The van der Waals surface area contributed by atoms with Gasteiger partial charge in [-0.05, 0) is 42.7 Å². The average molecular weight is 338 g/mol. The van der Waals surface area contributed by atoms with Crippen molar-refractivity contribution in [3.05, 3.63) is 77.4 Å². The Bertz CT molecular complexity index is 867. The molecule has 1 N–H and O–H groups in total. The Morgan fingerprint density at radius 3 is 2.42 bits per heavy atom. The summed E-state index contributed by atoms with van der Waals surface area (Å²) >= 11 is 5.90. The number of nitrogens with zero attached hydrogens (tertiary/aromatic N) is 2. The van der Waals surface area contributed by atoms with E-state index in [1.807, 2.05) is 60.8 Å². The average Bonchev–Trinajstić information content (AvgIpc) is 3.31. The van der Waals surface area contributed by atoms with Crippen LogP contribution in [0.2, 0.25) is 5.02 Å². The lowest BCUT2D eigenvalue weighted by Gasteiger charge is -2.14. The molecule has 0 aliphatic heterocycles. The normalized spacial score (nSPS) is 15.0. The molecular formula is C19H16ClN3O. The molecular weight excluding hydrogens is 322 g/mol. The molecule has 1 heterocycles. The zero-order chi connectivity index (χ0) is 16.6. The number of carbonyl (C=O) groups excluding carboxylic acids is 1. The maximum absolute atomic E-state index is 12.7. The van der Waals surface area contributed by atoms with E-state index in [0.717, 1.165) is 24.1 Å². The number of rotatable bonds is 4. The number of nitrogens with one attached hydrogen (secondary N) is 1. The van der Waals surface area contributed by atoms with Crippen molar-refractivity contribution in [3.8, 4) is 5.69 Å². The fourth-order valence-electron chi connectivity index (χ4n) is 2.89. The lowest BCUT2D eigenvalue weighted by atomic mass is 9.95. The summed E-state index contributed by atoms with van der Waals surface area (Å²) < 4.78 is 1.72. The molecule has 24 heavy (non-hydrogen) atoms. The molecule has 0 saturated heterocycles. The Labute approximate surface area is 145 Å². The quantitative estimate of drug-likeness (QED) is 0.775. The number of hydrogen-bond donors (Lipinski definition) is 1. The van der Waals surface area contributed by atoms with Crippen molar-refractivity contribution in [2.45, 2.75) is 18.3 Å². The van der Waals surface area contributed by atoms with E-state index in [9.17, 15) is 4.79 Å². The van der Waals surface area contributed by atoms with Gasteiger partial charge in [0.2, 0.25) is 5.91 Å². The molecule has 1 aromatic heterocycles. The number of aromatic nitrogens is 2. The van der Waals surface area contributed by atoms with E-state index >= 15 is 0 Å². The molecule has 1 aliphatic rings. The van der Waals surface area contributed by atoms with Gasteiger partial charge in [0, 0.05) is 17.3 Å². The Balaban J connectivity index is 1.52. The van der Waals surface area contributed by atoms with Crippen LogP contribution in [0.25, 0.3) is 5.69 Å². The number of carbonyl (C=O) groups is 1. The summed E-state index contributed by atoms with van der Waals surface area (Å²) in [6, 6.07) is 19.1. The summed E-state index contributed by atoms with van der Waals surface area (Å²) in [6.07, 6.45) is 3.57. The predicted molar refractivity (Wildman–Crippen MR) is 94.6 cm³/mol. The minimum absolute atomic E-state index is 0.00931. The fourth-order valence-corrected chi connectivity index (χ4v) is 3.02. The minimum atomic E-state index is -0.398. The van der Waals surface area contributed by atoms with Crippen LogP contribution in [0.3, 0.4) is 0 Å². The van der Waals surface area contributed by atoms with E-state index in [1.165, 1.54) is 0 Å². The van der Waals surface area contributed by atoms with Gasteiger partial charge in [0.25, 0.3) is 0 Å². The van der Waals surface area contributed by atoms with Gasteiger partial charge >= 0.3 is 0 Å². The lowest BCUT2D eigenvalue weighted by Crippen LogP contribution is -2.28. The van der Waals surface area contributed by atoms with Crippen LogP contribution in [0.5, 0.6) is 0 Å². The maximum Gasteiger partial charge on any atom is 0.236 e. The number of halogens is 1. The highest BCUT2D eigenvalue weighted by atomic mass is 35.5. The third-order valence-corrected chi connectivity index (χ3v) is 4.68. The third-order valence-electron chi connectivity index (χ3n) is 4.43. The maximum atomic E-state index is 12.7. The summed E-state index contributed by atoms with van der Waals surface area (Å²) in [5.41, 5.74) is 1.56. The first kappa shape index (κ1) is 15.0. The molecule has 0 spiro atoms. The standard InChI is InChI=1S/C19H16ClN3O/c20-15-6-8-16(9-7-15)23-13-10-17(22-23)21-18(24)19(11-12-19)14-4-2-1-3-5-14/h1-10,13H,11-12H2,(H,21,22,24). The van der Waals surface area contributed by atoms with Crippen molar-refractivity contribution in [2.24, 2.45) is 0 Å². The molecule has 5 heteroatoms. The van der Waals surface area contributed by atoms with Crippen LogP contribution in [-0.4, -0.2) is 15.7 Å². The molecule has 4 rings (SSSR count). The van der Waals surface area contributed by atoms with Crippen molar-refractivity contribution in [2.75, 3.05) is 5.32 Å². The summed E-state index contributed by atoms with van der Waals surface area (Å²) in [7, 11) is 0. The second-order valence-electron chi connectivity index (χ2n) is 6.02. The van der Waals surface area contributed by atoms with E-state index in [0.29, 0.717) is 10.8 Å². The van der Waals surface area contributed by atoms with Gasteiger partial charge in [0.05, 0.1) is 11.1 Å². The fraction of sp³-hybridized carbons (Fsp3) is 0.158. The Morgan fingerprint density at radius 1 is 1.04 bits per heavy atom. The second-order valence-corrected chi connectivity index (χ2v) is 6.46. The zero-order valence-electron chi connectivity index (χ0n) is 12.9. The van der Waals surface area contributed by atoms with Crippen molar-refractivity contribution >= 4 is 23.3 Å². The number of anilines is 1. The highest BCUT2D eigenvalue weighted by molar-refractivity contribution is 6.30. The Kier molecular flexibility index (Phi) is 3.62.